The van der Waals surface area contributed by atoms with Crippen LogP contribution in [0, 0.1) is 13.8 Å². The molecule has 0 unspecified atom stereocenters. The third-order valence-electron chi connectivity index (χ3n) is 5.01. The smallest absolute Gasteiger partial charge is 0.338 e. The number of nitrogens with zero attached hydrogens (tertiary/aromatic N) is 1. The minimum Gasteiger partial charge on any atom is -0.465 e. The average molecular weight is 487 g/mol. The molecule has 0 atom stereocenters. The van der Waals surface area contributed by atoms with E-state index in [1.54, 1.807) is 55.5 Å². The van der Waals surface area contributed by atoms with Crippen LogP contribution in [0.15, 0.2) is 71.6 Å². The van der Waals surface area contributed by atoms with E-state index in [0.717, 1.165) is 9.87 Å². The maximum absolute atomic E-state index is 13.4. The van der Waals surface area contributed by atoms with Crippen LogP contribution in [0.2, 0.25) is 5.02 Å². The van der Waals surface area contributed by atoms with Crippen molar-refractivity contribution >= 4 is 44.9 Å². The lowest BCUT2D eigenvalue weighted by atomic mass is 10.1. The molecule has 0 aliphatic carbocycles. The molecule has 33 heavy (non-hydrogen) atoms. The van der Waals surface area contributed by atoms with Crippen LogP contribution >= 0.6 is 11.6 Å². The number of benzene rings is 3. The second-order valence-corrected chi connectivity index (χ2v) is 9.62. The van der Waals surface area contributed by atoms with Crippen LogP contribution in [0.3, 0.4) is 0 Å². The normalized spacial score (nSPS) is 11.0. The lowest BCUT2D eigenvalue weighted by molar-refractivity contribution is -0.114. The molecule has 0 radical (unpaired) electrons. The zero-order chi connectivity index (χ0) is 24.2. The third-order valence-corrected chi connectivity index (χ3v) is 7.03. The highest BCUT2D eigenvalue weighted by Gasteiger charge is 2.27. The number of ether oxygens (including phenoxy) is 1. The molecule has 0 spiro atoms. The molecule has 0 aliphatic heterocycles. The van der Waals surface area contributed by atoms with Gasteiger partial charge in [-0.2, -0.15) is 0 Å². The fourth-order valence-electron chi connectivity index (χ4n) is 3.21. The number of halogens is 1. The standard InChI is InChI=1S/C24H23ClN2O5S/c1-16-10-12-20(13-11-16)33(30,31)27(19-7-4-6-18(25)14-19)15-23(28)26-22-9-5-8-21(17(22)2)24(29)32-3/h4-14H,15H2,1-3H3,(H,26,28). The quantitative estimate of drug-likeness (QED) is 0.493. The van der Waals surface area contributed by atoms with Gasteiger partial charge in [-0.15, -0.1) is 0 Å². The van der Waals surface area contributed by atoms with E-state index in [1.807, 2.05) is 6.92 Å². The molecular weight excluding hydrogens is 464 g/mol. The highest BCUT2D eigenvalue weighted by Crippen LogP contribution is 2.27. The Balaban J connectivity index is 1.95. The predicted molar refractivity (Wildman–Crippen MR) is 128 cm³/mol. The van der Waals surface area contributed by atoms with Crippen LogP contribution in [0.1, 0.15) is 21.5 Å². The maximum Gasteiger partial charge on any atom is 0.338 e. The number of carbonyl (C=O) groups is 2. The van der Waals surface area contributed by atoms with Crippen LogP contribution in [0.5, 0.6) is 0 Å². The number of hydrogen-bond acceptors (Lipinski definition) is 5. The van der Waals surface area contributed by atoms with Crippen LogP contribution in [0.25, 0.3) is 0 Å². The van der Waals surface area contributed by atoms with E-state index in [1.165, 1.54) is 25.3 Å². The fraction of sp³-hybridized carbons (Fsp3) is 0.167. The summed E-state index contributed by atoms with van der Waals surface area (Å²) in [7, 11) is -2.80. The van der Waals surface area contributed by atoms with Crippen molar-refractivity contribution in [3.8, 4) is 0 Å². The van der Waals surface area contributed by atoms with E-state index in [2.05, 4.69) is 5.32 Å². The molecule has 9 heteroatoms. The average Bonchev–Trinajstić information content (AvgIpc) is 2.78. The summed E-state index contributed by atoms with van der Waals surface area (Å²) >= 11 is 6.09. The monoisotopic (exact) mass is 486 g/mol. The SMILES string of the molecule is COC(=O)c1cccc(NC(=O)CN(c2cccc(Cl)c2)S(=O)(=O)c2ccc(C)cc2)c1C. The molecule has 7 nitrogen and oxygen atoms in total. The van der Waals surface area contributed by atoms with Crippen LogP contribution in [-0.4, -0.2) is 33.9 Å². The highest BCUT2D eigenvalue weighted by atomic mass is 35.5. The van der Waals surface area contributed by atoms with Gasteiger partial charge in [0.05, 0.1) is 23.3 Å². The molecule has 0 fully saturated rings. The Bertz CT molecular complexity index is 1290. The number of aryl methyl sites for hydroxylation is 1. The van der Waals surface area contributed by atoms with Crippen molar-refractivity contribution in [1.29, 1.82) is 0 Å². The van der Waals surface area contributed by atoms with Gasteiger partial charge in [0.1, 0.15) is 6.54 Å². The fourth-order valence-corrected chi connectivity index (χ4v) is 4.80. The van der Waals surface area contributed by atoms with Gasteiger partial charge in [0, 0.05) is 10.7 Å². The first-order valence-corrected chi connectivity index (χ1v) is 11.8. The number of carbonyl (C=O) groups excluding carboxylic acids is 2. The summed E-state index contributed by atoms with van der Waals surface area (Å²) in [6.45, 7) is 3.02. The number of amides is 1. The Morgan fingerprint density at radius 3 is 2.30 bits per heavy atom. The number of sulfonamides is 1. The summed E-state index contributed by atoms with van der Waals surface area (Å²) in [5.74, 6) is -1.12. The largest absolute Gasteiger partial charge is 0.465 e. The molecule has 0 saturated heterocycles. The molecule has 1 N–H and O–H groups in total. The molecule has 0 bridgehead atoms. The summed E-state index contributed by atoms with van der Waals surface area (Å²) in [6.07, 6.45) is 0. The molecular formula is C24H23ClN2O5S. The van der Waals surface area contributed by atoms with Crippen molar-refractivity contribution in [3.63, 3.8) is 0 Å². The van der Waals surface area contributed by atoms with Gasteiger partial charge in [-0.1, -0.05) is 41.4 Å². The molecule has 172 valence electrons. The van der Waals surface area contributed by atoms with E-state index in [9.17, 15) is 18.0 Å². The highest BCUT2D eigenvalue weighted by molar-refractivity contribution is 7.92. The molecule has 3 rings (SSSR count). The molecule has 1 amide bonds. The topological polar surface area (TPSA) is 92.8 Å². The summed E-state index contributed by atoms with van der Waals surface area (Å²) in [4.78, 5) is 24.9. The second-order valence-electron chi connectivity index (χ2n) is 7.32. The first kappa shape index (κ1) is 24.3. The van der Waals surface area contributed by atoms with E-state index in [4.69, 9.17) is 16.3 Å². The van der Waals surface area contributed by atoms with E-state index in [0.29, 0.717) is 21.8 Å². The summed E-state index contributed by atoms with van der Waals surface area (Å²) in [5, 5.41) is 3.02. The van der Waals surface area contributed by atoms with Crippen LogP contribution < -0.4 is 9.62 Å². The molecule has 0 saturated carbocycles. The summed E-state index contributed by atoms with van der Waals surface area (Å²) < 4.78 is 32.6. The van der Waals surface area contributed by atoms with E-state index in [-0.39, 0.29) is 10.6 Å². The lowest BCUT2D eigenvalue weighted by Crippen LogP contribution is -2.38. The Hall–Kier alpha value is -3.36. The number of methoxy groups -OCH3 is 1. The van der Waals surface area contributed by atoms with E-state index < -0.39 is 28.4 Å². The number of hydrogen-bond donors (Lipinski definition) is 1. The van der Waals surface area contributed by atoms with Crippen molar-refractivity contribution in [2.45, 2.75) is 18.7 Å². The molecule has 3 aromatic rings. The van der Waals surface area contributed by atoms with Crippen molar-refractivity contribution in [2.75, 3.05) is 23.3 Å². The van der Waals surface area contributed by atoms with Gasteiger partial charge in [0.15, 0.2) is 0 Å². The number of nitrogens with one attached hydrogen (secondary N) is 1. The van der Waals surface area contributed by atoms with Gasteiger partial charge in [-0.25, -0.2) is 13.2 Å². The lowest BCUT2D eigenvalue weighted by Gasteiger charge is -2.24. The minimum absolute atomic E-state index is 0.0461. The van der Waals surface area contributed by atoms with Crippen LogP contribution in [0.4, 0.5) is 11.4 Å². The van der Waals surface area contributed by atoms with Crippen molar-refractivity contribution in [3.05, 3.63) is 88.4 Å². The third kappa shape index (κ3) is 5.53. The zero-order valence-electron chi connectivity index (χ0n) is 18.3. The Labute approximate surface area is 198 Å². The summed E-state index contributed by atoms with van der Waals surface area (Å²) in [5.41, 5.74) is 2.34. The molecule has 0 heterocycles. The van der Waals surface area contributed by atoms with Gasteiger partial charge >= 0.3 is 5.97 Å². The number of anilines is 2. The Morgan fingerprint density at radius 1 is 1.00 bits per heavy atom. The zero-order valence-corrected chi connectivity index (χ0v) is 19.9. The molecule has 0 aromatic heterocycles. The first-order chi connectivity index (χ1) is 15.6. The van der Waals surface area contributed by atoms with Crippen molar-refractivity contribution in [2.24, 2.45) is 0 Å². The van der Waals surface area contributed by atoms with Crippen molar-refractivity contribution < 1.29 is 22.7 Å². The second kappa shape index (κ2) is 10.1. The maximum atomic E-state index is 13.4. The molecule has 0 aliphatic rings. The van der Waals surface area contributed by atoms with Crippen LogP contribution in [-0.2, 0) is 19.6 Å². The van der Waals surface area contributed by atoms with Gasteiger partial charge in [-0.05, 0) is 61.9 Å². The van der Waals surface area contributed by atoms with Gasteiger partial charge in [0.2, 0.25) is 5.91 Å². The first-order valence-electron chi connectivity index (χ1n) is 9.96. The molecule has 3 aromatic carbocycles. The Kier molecular flexibility index (Phi) is 7.40. The summed E-state index contributed by atoms with van der Waals surface area (Å²) in [6, 6.07) is 17.4. The Morgan fingerprint density at radius 2 is 1.67 bits per heavy atom. The van der Waals surface area contributed by atoms with Gasteiger partial charge in [-0.3, -0.25) is 9.10 Å². The minimum atomic E-state index is -4.07. The van der Waals surface area contributed by atoms with Gasteiger partial charge < -0.3 is 10.1 Å². The number of esters is 1. The van der Waals surface area contributed by atoms with Gasteiger partial charge in [0.25, 0.3) is 10.0 Å². The van der Waals surface area contributed by atoms with Crippen molar-refractivity contribution in [1.82, 2.24) is 0 Å². The predicted octanol–water partition coefficient (Wildman–Crippen LogP) is 4.58. The van der Waals surface area contributed by atoms with E-state index >= 15 is 0 Å². The number of rotatable bonds is 7.